The van der Waals surface area contributed by atoms with Gasteiger partial charge in [0.1, 0.15) is 34.5 Å². The van der Waals surface area contributed by atoms with E-state index in [0.717, 1.165) is 0 Å². The van der Waals surface area contributed by atoms with Gasteiger partial charge in [-0.1, -0.05) is 66.2 Å². The van der Waals surface area contributed by atoms with Crippen LogP contribution in [-0.2, 0) is 0 Å². The van der Waals surface area contributed by atoms with Crippen LogP contribution >= 0.6 is 0 Å². The van der Waals surface area contributed by atoms with Crippen LogP contribution < -0.4 is 0 Å². The fourth-order valence-corrected chi connectivity index (χ4v) is 1.48. The zero-order valence-corrected chi connectivity index (χ0v) is 18.0. The Kier molecular flexibility index (Phi) is 22.0. The Balaban J connectivity index is -0.000000332. The summed E-state index contributed by atoms with van der Waals surface area (Å²) in [4.78, 5) is 0. The summed E-state index contributed by atoms with van der Waals surface area (Å²) in [6.07, 6.45) is 2.50. The highest BCUT2D eigenvalue weighted by atomic mass is 16.3. The van der Waals surface area contributed by atoms with Gasteiger partial charge >= 0.3 is 0 Å². The van der Waals surface area contributed by atoms with E-state index in [1.165, 1.54) is 67.4 Å². The fraction of sp³-hybridized carbons (Fsp3) is 0.280. The zero-order chi connectivity index (χ0) is 23.4. The number of rotatable bonds is 0. The van der Waals surface area contributed by atoms with Crippen LogP contribution in [0.2, 0.25) is 0 Å². The van der Waals surface area contributed by atoms with Gasteiger partial charge < -0.3 is 30.6 Å². The molecular weight excluding hydrogens is 396 g/mol. The molecule has 6 nitrogen and oxygen atoms in total. The van der Waals surface area contributed by atoms with Crippen molar-refractivity contribution >= 4 is 0 Å². The van der Waals surface area contributed by atoms with Crippen LogP contribution in [0.1, 0.15) is 48.0 Å². The van der Waals surface area contributed by atoms with Gasteiger partial charge in [0.15, 0.2) is 0 Å². The molecule has 0 saturated heterocycles. The third-order valence-corrected chi connectivity index (χ3v) is 2.49. The lowest BCUT2D eigenvalue weighted by Crippen LogP contribution is -1.61. The van der Waals surface area contributed by atoms with Gasteiger partial charge in [-0.2, -0.15) is 0 Å². The van der Waals surface area contributed by atoms with E-state index in [0.29, 0.717) is 0 Å². The van der Waals surface area contributed by atoms with E-state index in [1.807, 2.05) is 0 Å². The molecule has 31 heavy (non-hydrogen) atoms. The molecule has 0 atom stereocenters. The summed E-state index contributed by atoms with van der Waals surface area (Å²) in [5.74, 6) is 0.528. The highest BCUT2D eigenvalue weighted by Crippen LogP contribution is 2.16. The quantitative estimate of drug-likeness (QED) is 0.232. The van der Waals surface area contributed by atoms with Crippen molar-refractivity contribution in [3.8, 4) is 34.5 Å². The number of benzene rings is 3. The predicted molar refractivity (Wildman–Crippen MR) is 128 cm³/mol. The van der Waals surface area contributed by atoms with Crippen LogP contribution in [0.15, 0.2) is 72.8 Å². The second-order valence-corrected chi connectivity index (χ2v) is 5.97. The van der Waals surface area contributed by atoms with Gasteiger partial charge in [-0.3, -0.25) is 0 Å². The van der Waals surface area contributed by atoms with Gasteiger partial charge in [-0.15, -0.1) is 0 Å². The van der Waals surface area contributed by atoms with Crippen LogP contribution in [0, 0.1) is 0 Å². The first-order valence-corrected chi connectivity index (χ1v) is 9.63. The molecule has 0 unspecified atom stereocenters. The van der Waals surface area contributed by atoms with Gasteiger partial charge in [0, 0.05) is 18.2 Å². The van der Waals surface area contributed by atoms with E-state index in [2.05, 4.69) is 27.7 Å². The normalized spacial score (nSPS) is 8.13. The van der Waals surface area contributed by atoms with Crippen LogP contribution in [0.4, 0.5) is 0 Å². The van der Waals surface area contributed by atoms with E-state index < -0.39 is 0 Å². The SMILES string of the molecule is C.CCC.CCC.Oc1cccc(O)c1.Oc1cccc(O)c1.Oc1cccc(O)c1. The maximum atomic E-state index is 8.65. The molecule has 6 N–H and O–H groups in total. The monoisotopic (exact) mass is 434 g/mol. The molecule has 0 spiro atoms. The molecule has 0 amide bonds. The van der Waals surface area contributed by atoms with Crippen molar-refractivity contribution in [1.82, 2.24) is 0 Å². The first-order valence-electron chi connectivity index (χ1n) is 9.63. The highest BCUT2D eigenvalue weighted by Gasteiger charge is 1.87. The topological polar surface area (TPSA) is 121 Å². The molecule has 0 saturated carbocycles. The number of hydrogen-bond donors (Lipinski definition) is 6. The zero-order valence-electron chi connectivity index (χ0n) is 18.0. The lowest BCUT2D eigenvalue weighted by molar-refractivity contribution is 0.449. The van der Waals surface area contributed by atoms with Crippen LogP contribution in [0.25, 0.3) is 0 Å². The van der Waals surface area contributed by atoms with Crippen molar-refractivity contribution in [3.05, 3.63) is 72.8 Å². The molecule has 0 heterocycles. The predicted octanol–water partition coefficient (Wildman–Crippen LogP) is 6.76. The molecule has 0 bridgehead atoms. The fourth-order valence-electron chi connectivity index (χ4n) is 1.48. The van der Waals surface area contributed by atoms with Crippen molar-refractivity contribution < 1.29 is 30.6 Å². The summed E-state index contributed by atoms with van der Waals surface area (Å²) in [5.41, 5.74) is 0. The second kappa shape index (κ2) is 21.2. The van der Waals surface area contributed by atoms with Crippen LogP contribution in [-0.4, -0.2) is 30.6 Å². The molecule has 3 aromatic rings. The number of aromatic hydroxyl groups is 6. The first-order chi connectivity index (χ1) is 14.2. The molecule has 0 aromatic heterocycles. The maximum absolute atomic E-state index is 8.65. The lowest BCUT2D eigenvalue weighted by atomic mass is 10.3. The maximum Gasteiger partial charge on any atom is 0.119 e. The Bertz CT molecular complexity index is 633. The average molecular weight is 435 g/mol. The molecular formula is C25H38O6. The van der Waals surface area contributed by atoms with E-state index in [9.17, 15) is 0 Å². The standard InChI is InChI=1S/3C6H6O2.2C3H8.CH4/c3*7-5-2-1-3-6(8)4-5;2*1-3-2;/h3*1-4,7-8H;2*3H2,1-2H3;1H4. The molecule has 0 aliphatic carbocycles. The van der Waals surface area contributed by atoms with Gasteiger partial charge in [0.2, 0.25) is 0 Å². The summed E-state index contributed by atoms with van der Waals surface area (Å²) in [6.45, 7) is 8.50. The Morgan fingerprint density at radius 3 is 0.613 bits per heavy atom. The van der Waals surface area contributed by atoms with Crippen molar-refractivity contribution in [3.63, 3.8) is 0 Å². The van der Waals surface area contributed by atoms with E-state index >= 15 is 0 Å². The lowest BCUT2D eigenvalue weighted by Gasteiger charge is -1.89. The van der Waals surface area contributed by atoms with Gasteiger partial charge in [-0.05, 0) is 36.4 Å². The van der Waals surface area contributed by atoms with Crippen LogP contribution in [0.3, 0.4) is 0 Å². The highest BCUT2D eigenvalue weighted by molar-refractivity contribution is 5.31. The molecule has 3 rings (SSSR count). The van der Waals surface area contributed by atoms with Crippen LogP contribution in [0.5, 0.6) is 34.5 Å². The van der Waals surface area contributed by atoms with Crippen molar-refractivity contribution in [2.24, 2.45) is 0 Å². The number of phenolic OH excluding ortho intramolecular Hbond substituents is 6. The van der Waals surface area contributed by atoms with Gasteiger partial charge in [-0.25, -0.2) is 0 Å². The minimum absolute atomic E-state index is 0. The van der Waals surface area contributed by atoms with Crippen molar-refractivity contribution in [2.75, 3.05) is 0 Å². The van der Waals surface area contributed by atoms with Gasteiger partial charge in [0.25, 0.3) is 0 Å². The van der Waals surface area contributed by atoms with Crippen molar-refractivity contribution in [2.45, 2.75) is 48.0 Å². The second-order valence-electron chi connectivity index (χ2n) is 5.97. The molecule has 0 radical (unpaired) electrons. The van der Waals surface area contributed by atoms with E-state index in [-0.39, 0.29) is 41.9 Å². The average Bonchev–Trinajstić information content (AvgIpc) is 2.63. The summed E-state index contributed by atoms with van der Waals surface area (Å²) < 4.78 is 0. The van der Waals surface area contributed by atoms with E-state index in [4.69, 9.17) is 30.6 Å². The molecule has 0 aliphatic rings. The Hall–Kier alpha value is -3.54. The number of hydrogen-bond acceptors (Lipinski definition) is 6. The third kappa shape index (κ3) is 22.6. The third-order valence-electron chi connectivity index (χ3n) is 2.49. The summed E-state index contributed by atoms with van der Waals surface area (Å²) >= 11 is 0. The summed E-state index contributed by atoms with van der Waals surface area (Å²) in [5, 5.41) is 51.9. The summed E-state index contributed by atoms with van der Waals surface area (Å²) in [7, 11) is 0. The van der Waals surface area contributed by atoms with E-state index in [1.54, 1.807) is 18.2 Å². The Morgan fingerprint density at radius 2 is 0.548 bits per heavy atom. The smallest absolute Gasteiger partial charge is 0.119 e. The Morgan fingerprint density at radius 1 is 0.419 bits per heavy atom. The Labute approximate surface area is 186 Å². The van der Waals surface area contributed by atoms with Crippen molar-refractivity contribution in [1.29, 1.82) is 0 Å². The molecule has 0 fully saturated rings. The minimum Gasteiger partial charge on any atom is -0.508 e. The first kappa shape index (κ1) is 32.1. The largest absolute Gasteiger partial charge is 0.508 e. The summed E-state index contributed by atoms with van der Waals surface area (Å²) in [6, 6.07) is 17.6. The molecule has 3 aromatic carbocycles. The molecule has 6 heteroatoms. The number of phenols is 6. The molecule has 0 aliphatic heterocycles. The molecule has 174 valence electrons. The van der Waals surface area contributed by atoms with Gasteiger partial charge in [0.05, 0.1) is 0 Å². The minimum atomic E-state index is 0.